The van der Waals surface area contributed by atoms with E-state index >= 15 is 0 Å². The zero-order valence-electron chi connectivity index (χ0n) is 10.1. The molecule has 17 heavy (non-hydrogen) atoms. The van der Waals surface area contributed by atoms with Crippen LogP contribution in [0.3, 0.4) is 0 Å². The largest absolute Gasteiger partial charge is 0.406 e. The summed E-state index contributed by atoms with van der Waals surface area (Å²) in [4.78, 5) is 13.9. The summed E-state index contributed by atoms with van der Waals surface area (Å²) < 4.78 is 1.59. The number of hydrogen-bond acceptors (Lipinski definition) is 5. The number of aliphatic hydroxyl groups excluding tert-OH is 1. The molecule has 0 aliphatic rings. The Morgan fingerprint density at radius 1 is 1.71 bits per heavy atom. The maximum Gasteiger partial charge on any atom is 0.406 e. The molecule has 0 bridgehead atoms. The van der Waals surface area contributed by atoms with Gasteiger partial charge in [-0.2, -0.15) is 0 Å². The second-order valence-electron chi connectivity index (χ2n) is 3.95. The van der Waals surface area contributed by atoms with Gasteiger partial charge in [-0.05, 0) is 22.2 Å². The molecule has 96 valence electrons. The van der Waals surface area contributed by atoms with Gasteiger partial charge in [0.15, 0.2) is 0 Å². The average molecular weight is 242 g/mol. The van der Waals surface area contributed by atoms with E-state index in [9.17, 15) is 10.1 Å². The summed E-state index contributed by atoms with van der Waals surface area (Å²) >= 11 is 0. The van der Waals surface area contributed by atoms with Crippen molar-refractivity contribution >= 4 is 11.6 Å². The lowest BCUT2D eigenvalue weighted by Crippen LogP contribution is -2.17. The van der Waals surface area contributed by atoms with Gasteiger partial charge in [0.1, 0.15) is 0 Å². The third-order valence-corrected chi connectivity index (χ3v) is 2.76. The molecule has 0 spiro atoms. The summed E-state index contributed by atoms with van der Waals surface area (Å²) in [6.07, 6.45) is 3.02. The van der Waals surface area contributed by atoms with Crippen LogP contribution >= 0.6 is 0 Å². The monoisotopic (exact) mass is 242 g/mol. The predicted molar refractivity (Wildman–Crippen MR) is 63.8 cm³/mol. The Hall–Kier alpha value is -1.63. The predicted octanol–water partition coefficient (Wildman–Crippen LogP) is 1.15. The molecule has 1 heterocycles. The van der Waals surface area contributed by atoms with Crippen LogP contribution < -0.4 is 5.32 Å². The fourth-order valence-corrected chi connectivity index (χ4v) is 1.63. The van der Waals surface area contributed by atoms with Gasteiger partial charge in [-0.3, -0.25) is 4.57 Å². The molecule has 1 unspecified atom stereocenters. The van der Waals surface area contributed by atoms with E-state index in [1.54, 1.807) is 11.6 Å². The number of aliphatic hydroxyl groups is 1. The third-order valence-electron chi connectivity index (χ3n) is 2.76. The zero-order valence-corrected chi connectivity index (χ0v) is 10.1. The van der Waals surface area contributed by atoms with Crippen molar-refractivity contribution in [1.29, 1.82) is 0 Å². The average Bonchev–Trinajstić information content (AvgIpc) is 2.66. The second-order valence-corrected chi connectivity index (χ2v) is 3.95. The van der Waals surface area contributed by atoms with Crippen molar-refractivity contribution in [2.45, 2.75) is 19.8 Å². The van der Waals surface area contributed by atoms with Crippen LogP contribution in [0.1, 0.15) is 19.8 Å². The van der Waals surface area contributed by atoms with Crippen LogP contribution in [-0.2, 0) is 7.05 Å². The molecule has 0 saturated heterocycles. The lowest BCUT2D eigenvalue weighted by Gasteiger charge is -2.14. The van der Waals surface area contributed by atoms with Gasteiger partial charge in [-0.15, -0.1) is 0 Å². The van der Waals surface area contributed by atoms with Gasteiger partial charge in [0.2, 0.25) is 12.1 Å². The molecule has 7 heteroatoms. The second kappa shape index (κ2) is 6.19. The Balaban J connectivity index is 2.67. The van der Waals surface area contributed by atoms with E-state index in [0.717, 1.165) is 6.42 Å². The number of aryl methyl sites for hydroxylation is 1. The SMILES string of the molecule is CCC(CCO)CNc1c([N+](=O)[O-])ncn1C. The molecule has 0 fully saturated rings. The van der Waals surface area contributed by atoms with Crippen LogP contribution in [0.15, 0.2) is 6.33 Å². The number of hydrogen-bond donors (Lipinski definition) is 2. The first-order valence-electron chi connectivity index (χ1n) is 5.60. The molecule has 0 aromatic carbocycles. The van der Waals surface area contributed by atoms with Crippen LogP contribution in [-0.4, -0.2) is 32.7 Å². The molecular formula is C10H18N4O3. The van der Waals surface area contributed by atoms with Crippen molar-refractivity contribution in [2.75, 3.05) is 18.5 Å². The van der Waals surface area contributed by atoms with Crippen molar-refractivity contribution in [3.8, 4) is 0 Å². The molecule has 0 amide bonds. The molecule has 1 rings (SSSR count). The molecule has 7 nitrogen and oxygen atoms in total. The van der Waals surface area contributed by atoms with E-state index in [1.165, 1.54) is 6.33 Å². The standard InChI is InChI=1S/C10H18N4O3/c1-3-8(4-5-15)6-11-9-10(14(16)17)12-7-13(9)2/h7-8,11,15H,3-6H2,1-2H3. The van der Waals surface area contributed by atoms with E-state index in [0.29, 0.717) is 24.7 Å². The highest BCUT2D eigenvalue weighted by molar-refractivity contribution is 5.51. The molecule has 0 aliphatic carbocycles. The Labute approximate surface area is 99.6 Å². The molecule has 1 atom stereocenters. The summed E-state index contributed by atoms with van der Waals surface area (Å²) in [5, 5.41) is 22.6. The molecule has 0 aliphatic heterocycles. The molecule has 0 radical (unpaired) electrons. The Kier molecular flexibility index (Phi) is 4.89. The quantitative estimate of drug-likeness (QED) is 0.552. The third kappa shape index (κ3) is 3.42. The lowest BCUT2D eigenvalue weighted by atomic mass is 10.0. The minimum Gasteiger partial charge on any atom is -0.396 e. The molecular weight excluding hydrogens is 224 g/mol. The first-order chi connectivity index (χ1) is 8.10. The first-order valence-corrected chi connectivity index (χ1v) is 5.60. The van der Waals surface area contributed by atoms with Gasteiger partial charge < -0.3 is 20.5 Å². The minimum atomic E-state index is -0.505. The number of rotatable bonds is 7. The summed E-state index contributed by atoms with van der Waals surface area (Å²) in [5.74, 6) is 0.548. The van der Waals surface area contributed by atoms with Gasteiger partial charge in [0, 0.05) is 20.2 Å². The Morgan fingerprint density at radius 2 is 2.41 bits per heavy atom. The Morgan fingerprint density at radius 3 is 2.94 bits per heavy atom. The van der Waals surface area contributed by atoms with E-state index in [-0.39, 0.29) is 12.4 Å². The highest BCUT2D eigenvalue weighted by Crippen LogP contribution is 2.21. The van der Waals surface area contributed by atoms with E-state index < -0.39 is 4.92 Å². The van der Waals surface area contributed by atoms with Crippen LogP contribution in [0.5, 0.6) is 0 Å². The van der Waals surface area contributed by atoms with Crippen molar-refractivity contribution in [3.05, 3.63) is 16.4 Å². The normalized spacial score (nSPS) is 12.4. The number of imidazole rings is 1. The number of nitrogens with one attached hydrogen (secondary N) is 1. The van der Waals surface area contributed by atoms with Gasteiger partial charge in [0.25, 0.3) is 0 Å². The molecule has 1 aromatic rings. The molecule has 1 aromatic heterocycles. The number of nitrogens with zero attached hydrogens (tertiary/aromatic N) is 3. The number of nitro groups is 1. The van der Waals surface area contributed by atoms with Gasteiger partial charge in [-0.25, -0.2) is 0 Å². The fraction of sp³-hybridized carbons (Fsp3) is 0.700. The Bertz CT molecular complexity index is 378. The van der Waals surface area contributed by atoms with Crippen LogP contribution in [0.4, 0.5) is 11.6 Å². The molecule has 2 N–H and O–H groups in total. The lowest BCUT2D eigenvalue weighted by molar-refractivity contribution is -0.388. The summed E-state index contributed by atoms with van der Waals surface area (Å²) in [6.45, 7) is 2.75. The van der Waals surface area contributed by atoms with Crippen LogP contribution in [0, 0.1) is 16.0 Å². The topological polar surface area (TPSA) is 93.2 Å². The van der Waals surface area contributed by atoms with Gasteiger partial charge in [-0.1, -0.05) is 13.3 Å². The maximum atomic E-state index is 10.7. The maximum absolute atomic E-state index is 10.7. The molecule has 0 saturated carbocycles. The highest BCUT2D eigenvalue weighted by atomic mass is 16.6. The van der Waals surface area contributed by atoms with E-state index in [1.807, 2.05) is 6.92 Å². The van der Waals surface area contributed by atoms with Gasteiger partial charge >= 0.3 is 5.82 Å². The number of anilines is 1. The summed E-state index contributed by atoms with van der Waals surface area (Å²) in [5.41, 5.74) is 0. The summed E-state index contributed by atoms with van der Waals surface area (Å²) in [6, 6.07) is 0. The fourth-order valence-electron chi connectivity index (χ4n) is 1.63. The van der Waals surface area contributed by atoms with Crippen molar-refractivity contribution in [1.82, 2.24) is 9.55 Å². The minimum absolute atomic E-state index is 0.133. The van der Waals surface area contributed by atoms with E-state index in [2.05, 4.69) is 10.3 Å². The van der Waals surface area contributed by atoms with Crippen LogP contribution in [0.25, 0.3) is 0 Å². The van der Waals surface area contributed by atoms with Crippen molar-refractivity contribution in [2.24, 2.45) is 13.0 Å². The zero-order chi connectivity index (χ0) is 12.8. The van der Waals surface area contributed by atoms with Crippen molar-refractivity contribution in [3.63, 3.8) is 0 Å². The summed E-state index contributed by atoms with van der Waals surface area (Å²) in [7, 11) is 1.70. The van der Waals surface area contributed by atoms with Crippen molar-refractivity contribution < 1.29 is 10.0 Å². The first kappa shape index (κ1) is 13.4. The van der Waals surface area contributed by atoms with Crippen LogP contribution in [0.2, 0.25) is 0 Å². The van der Waals surface area contributed by atoms with Gasteiger partial charge in [0.05, 0.1) is 0 Å². The van der Waals surface area contributed by atoms with E-state index in [4.69, 9.17) is 5.11 Å². The number of aromatic nitrogens is 2. The smallest absolute Gasteiger partial charge is 0.396 e. The highest BCUT2D eigenvalue weighted by Gasteiger charge is 2.20.